The molecule has 26 heavy (non-hydrogen) atoms. The first kappa shape index (κ1) is 17.5. The molecule has 2 heterocycles. The molecule has 1 aliphatic heterocycles. The lowest BCUT2D eigenvalue weighted by molar-refractivity contribution is -0.136. The van der Waals surface area contributed by atoms with Crippen LogP contribution >= 0.6 is 12.2 Å². The summed E-state index contributed by atoms with van der Waals surface area (Å²) < 4.78 is 2.53. The first-order valence-electron chi connectivity index (χ1n) is 9.65. The summed E-state index contributed by atoms with van der Waals surface area (Å²) in [6.45, 7) is 3.56. The number of fused-ring (bicyclic) bond motifs is 1. The number of hydrogen-bond acceptors (Lipinski definition) is 3. The zero-order valence-corrected chi connectivity index (χ0v) is 16.1. The molecule has 0 spiro atoms. The van der Waals surface area contributed by atoms with E-state index in [2.05, 4.69) is 34.2 Å². The van der Waals surface area contributed by atoms with E-state index in [0.717, 1.165) is 30.3 Å². The van der Waals surface area contributed by atoms with Crippen LogP contribution in [0.1, 0.15) is 44.1 Å². The number of aryl methyl sites for hydroxylation is 1. The van der Waals surface area contributed by atoms with Crippen LogP contribution in [-0.2, 0) is 11.3 Å². The van der Waals surface area contributed by atoms with Crippen molar-refractivity contribution in [3.8, 4) is 11.4 Å². The van der Waals surface area contributed by atoms with Crippen molar-refractivity contribution in [2.24, 2.45) is 5.92 Å². The number of aromatic nitrogens is 3. The third-order valence-electron chi connectivity index (χ3n) is 5.90. The highest BCUT2D eigenvalue weighted by Crippen LogP contribution is 2.37. The van der Waals surface area contributed by atoms with Gasteiger partial charge < -0.3 is 4.90 Å². The molecule has 0 unspecified atom stereocenters. The Morgan fingerprint density at radius 2 is 2.15 bits per heavy atom. The van der Waals surface area contributed by atoms with Crippen molar-refractivity contribution < 1.29 is 4.79 Å². The Labute approximate surface area is 159 Å². The molecule has 2 aliphatic rings. The zero-order chi connectivity index (χ0) is 18.1. The van der Waals surface area contributed by atoms with Gasteiger partial charge in [-0.25, -0.2) is 0 Å². The third-order valence-corrected chi connectivity index (χ3v) is 6.21. The van der Waals surface area contributed by atoms with Crippen LogP contribution in [0.3, 0.4) is 0 Å². The van der Waals surface area contributed by atoms with Gasteiger partial charge in [0.05, 0.1) is 0 Å². The van der Waals surface area contributed by atoms with E-state index in [1.54, 1.807) is 0 Å². The van der Waals surface area contributed by atoms with Crippen LogP contribution in [0, 0.1) is 17.6 Å². The summed E-state index contributed by atoms with van der Waals surface area (Å²) in [5.41, 5.74) is 2.21. The second-order valence-corrected chi connectivity index (χ2v) is 8.00. The second-order valence-electron chi connectivity index (χ2n) is 7.61. The Kier molecular flexibility index (Phi) is 4.94. The van der Waals surface area contributed by atoms with Gasteiger partial charge in [0.2, 0.25) is 5.91 Å². The van der Waals surface area contributed by atoms with E-state index in [1.165, 1.54) is 31.2 Å². The predicted molar refractivity (Wildman–Crippen MR) is 104 cm³/mol. The van der Waals surface area contributed by atoms with Crippen molar-refractivity contribution in [3.63, 3.8) is 0 Å². The van der Waals surface area contributed by atoms with Gasteiger partial charge in [0.15, 0.2) is 10.6 Å². The summed E-state index contributed by atoms with van der Waals surface area (Å²) in [6.07, 6.45) is 6.65. The van der Waals surface area contributed by atoms with E-state index in [1.807, 2.05) is 16.7 Å². The van der Waals surface area contributed by atoms with Crippen molar-refractivity contribution in [3.05, 3.63) is 34.6 Å². The molecule has 2 atom stereocenters. The minimum absolute atomic E-state index is 0.264. The van der Waals surface area contributed by atoms with Crippen molar-refractivity contribution >= 4 is 18.1 Å². The van der Waals surface area contributed by atoms with Gasteiger partial charge in [0.1, 0.15) is 0 Å². The number of carbonyl (C=O) groups is 1. The molecule has 1 amide bonds. The minimum Gasteiger partial charge on any atom is -0.339 e. The topological polar surface area (TPSA) is 53.9 Å². The number of carbonyl (C=O) groups excluding carboxylic acids is 1. The Hall–Kier alpha value is -1.95. The van der Waals surface area contributed by atoms with Crippen LogP contribution < -0.4 is 0 Å². The average Bonchev–Trinajstić information content (AvgIpc) is 3.26. The molecule has 4 rings (SSSR count). The van der Waals surface area contributed by atoms with E-state index in [4.69, 9.17) is 12.2 Å². The van der Waals surface area contributed by atoms with E-state index < -0.39 is 0 Å². The quantitative estimate of drug-likeness (QED) is 0.825. The molecule has 0 radical (unpaired) electrons. The fourth-order valence-electron chi connectivity index (χ4n) is 4.64. The predicted octanol–water partition coefficient (Wildman–Crippen LogP) is 4.10. The Bertz CT molecular complexity index is 855. The number of amides is 1. The summed E-state index contributed by atoms with van der Waals surface area (Å²) in [6, 6.07) is 8.68. The van der Waals surface area contributed by atoms with Gasteiger partial charge in [-0.15, -0.1) is 0 Å². The van der Waals surface area contributed by atoms with Gasteiger partial charge in [-0.3, -0.25) is 14.5 Å². The number of benzene rings is 1. The van der Waals surface area contributed by atoms with Crippen LogP contribution in [0.15, 0.2) is 24.3 Å². The summed E-state index contributed by atoms with van der Waals surface area (Å²) >= 11 is 5.41. The van der Waals surface area contributed by atoms with Crippen molar-refractivity contribution in [1.29, 1.82) is 0 Å². The molecule has 5 nitrogen and oxygen atoms in total. The largest absolute Gasteiger partial charge is 0.339 e. The molecule has 2 fully saturated rings. The van der Waals surface area contributed by atoms with Crippen LogP contribution in [0.25, 0.3) is 11.4 Å². The molecule has 1 saturated heterocycles. The maximum atomic E-state index is 12.9. The highest BCUT2D eigenvalue weighted by atomic mass is 32.1. The molecule has 6 heteroatoms. The molecule has 138 valence electrons. The number of piperidine rings is 1. The first-order chi connectivity index (χ1) is 12.6. The first-order valence-corrected chi connectivity index (χ1v) is 10.1. The highest BCUT2D eigenvalue weighted by Gasteiger charge is 2.36. The van der Waals surface area contributed by atoms with Gasteiger partial charge in [-0.05, 0) is 56.8 Å². The number of rotatable bonds is 4. The van der Waals surface area contributed by atoms with Gasteiger partial charge in [-0.2, -0.15) is 5.10 Å². The molecule has 1 saturated carbocycles. The lowest BCUT2D eigenvalue weighted by atomic mass is 9.92. The number of hydrogen-bond donors (Lipinski definition) is 1. The molecular formula is C20H26N4OS. The molecule has 2 aromatic rings. The minimum atomic E-state index is 0.264. The van der Waals surface area contributed by atoms with Crippen molar-refractivity contribution in [1.82, 2.24) is 19.7 Å². The monoisotopic (exact) mass is 370 g/mol. The lowest BCUT2D eigenvalue weighted by Crippen LogP contribution is -2.46. The molecule has 1 N–H and O–H groups in total. The smallest absolute Gasteiger partial charge is 0.224 e. The molecule has 0 bridgehead atoms. The maximum absolute atomic E-state index is 12.9. The van der Waals surface area contributed by atoms with Gasteiger partial charge >= 0.3 is 0 Å². The standard InChI is InChI=1S/C20H26N4OS/c1-14-5-2-7-16(13-14)19-21-22-20(26)24(19)12-10-18(25)23-11-4-8-15-6-3-9-17(15)23/h2,5,7,13,15,17H,3-4,6,8-12H2,1H3,(H,22,26)/t15-,17+/m1/s1. The van der Waals surface area contributed by atoms with E-state index in [-0.39, 0.29) is 5.91 Å². The SMILES string of the molecule is Cc1cccc(-c2n[nH]c(=S)n2CCC(=O)N2CCC[C@H]3CCC[C@@H]32)c1. The molecule has 1 aliphatic carbocycles. The van der Waals surface area contributed by atoms with E-state index in [9.17, 15) is 4.79 Å². The van der Waals surface area contributed by atoms with Crippen LogP contribution in [0.4, 0.5) is 0 Å². The normalized spacial score (nSPS) is 22.4. The van der Waals surface area contributed by atoms with Gasteiger partial charge in [-0.1, -0.05) is 30.2 Å². The van der Waals surface area contributed by atoms with Gasteiger partial charge in [0, 0.05) is 31.1 Å². The zero-order valence-electron chi connectivity index (χ0n) is 15.3. The Balaban J connectivity index is 1.49. The van der Waals surface area contributed by atoms with Crippen LogP contribution in [0.2, 0.25) is 0 Å². The Morgan fingerprint density at radius 1 is 1.31 bits per heavy atom. The Morgan fingerprint density at radius 3 is 3.00 bits per heavy atom. The number of nitrogens with one attached hydrogen (secondary N) is 1. The second kappa shape index (κ2) is 7.35. The van der Waals surface area contributed by atoms with Crippen molar-refractivity contribution in [2.45, 2.75) is 58.0 Å². The van der Waals surface area contributed by atoms with Crippen molar-refractivity contribution in [2.75, 3.05) is 6.54 Å². The molecule has 1 aromatic heterocycles. The molecular weight excluding hydrogens is 344 g/mol. The van der Waals surface area contributed by atoms with E-state index >= 15 is 0 Å². The summed E-state index contributed by atoms with van der Waals surface area (Å²) in [5.74, 6) is 1.80. The van der Waals surface area contributed by atoms with Crippen LogP contribution in [0.5, 0.6) is 0 Å². The van der Waals surface area contributed by atoms with Gasteiger partial charge in [0.25, 0.3) is 0 Å². The summed E-state index contributed by atoms with van der Waals surface area (Å²) in [5, 5.41) is 7.28. The fourth-order valence-corrected chi connectivity index (χ4v) is 4.87. The van der Waals surface area contributed by atoms with E-state index in [0.29, 0.717) is 23.8 Å². The summed E-state index contributed by atoms with van der Waals surface area (Å²) in [7, 11) is 0. The number of nitrogens with zero attached hydrogens (tertiary/aromatic N) is 3. The number of likely N-dealkylation sites (tertiary alicyclic amines) is 1. The number of aromatic amines is 1. The third kappa shape index (κ3) is 3.34. The number of H-pyrrole nitrogens is 1. The fraction of sp³-hybridized carbons (Fsp3) is 0.550. The molecule has 1 aromatic carbocycles. The average molecular weight is 371 g/mol. The lowest BCUT2D eigenvalue weighted by Gasteiger charge is -2.38. The van der Waals surface area contributed by atoms with Crippen LogP contribution in [-0.4, -0.2) is 38.2 Å². The summed E-state index contributed by atoms with van der Waals surface area (Å²) in [4.78, 5) is 15.0. The highest BCUT2D eigenvalue weighted by molar-refractivity contribution is 7.71. The maximum Gasteiger partial charge on any atom is 0.224 e.